The Bertz CT molecular complexity index is 530. The van der Waals surface area contributed by atoms with E-state index in [0.29, 0.717) is 0 Å². The summed E-state index contributed by atoms with van der Waals surface area (Å²) in [6.07, 6.45) is 7.70. The Labute approximate surface area is 98.3 Å². The van der Waals surface area contributed by atoms with E-state index >= 15 is 0 Å². The van der Waals surface area contributed by atoms with Crippen LogP contribution in [0, 0.1) is 0 Å². The molecule has 1 N–H and O–H groups in total. The number of H-pyrrole nitrogens is 1. The van der Waals surface area contributed by atoms with Crippen molar-refractivity contribution in [2.75, 3.05) is 13.6 Å². The van der Waals surface area contributed by atoms with Crippen molar-refractivity contribution in [1.29, 1.82) is 0 Å². The van der Waals surface area contributed by atoms with Crippen LogP contribution in [0.15, 0.2) is 24.9 Å². The molecule has 0 aliphatic carbocycles. The second kappa shape index (κ2) is 3.73. The van der Waals surface area contributed by atoms with Crippen molar-refractivity contribution in [2.24, 2.45) is 0 Å². The minimum Gasteiger partial charge on any atom is -0.344 e. The first-order valence-corrected chi connectivity index (χ1v) is 5.54. The van der Waals surface area contributed by atoms with Crippen molar-refractivity contribution in [3.63, 3.8) is 0 Å². The molecule has 1 fully saturated rings. The summed E-state index contributed by atoms with van der Waals surface area (Å²) in [5.74, 6) is 0.903. The predicted octanol–water partition coefficient (Wildman–Crippen LogP) is 0.676. The van der Waals surface area contributed by atoms with E-state index in [4.69, 9.17) is 0 Å². The quantitative estimate of drug-likeness (QED) is 0.826. The van der Waals surface area contributed by atoms with E-state index in [1.807, 2.05) is 17.8 Å². The molecule has 0 aromatic carbocycles. The number of likely N-dealkylation sites (N-methyl/N-ethyl adjacent to an activating group) is 1. The van der Waals surface area contributed by atoms with E-state index in [2.05, 4.69) is 15.0 Å². The molecule has 1 unspecified atom stereocenters. The van der Waals surface area contributed by atoms with Gasteiger partial charge in [0.05, 0.1) is 12.5 Å². The molecule has 6 heteroatoms. The van der Waals surface area contributed by atoms with Gasteiger partial charge >= 0.3 is 0 Å². The SMILES string of the molecule is CN1CCC(n2ccnc2-c2cnc[nH]2)C1=O. The van der Waals surface area contributed by atoms with Crippen molar-refractivity contribution in [3.05, 3.63) is 24.9 Å². The van der Waals surface area contributed by atoms with Crippen LogP contribution in [0.2, 0.25) is 0 Å². The number of amides is 1. The fourth-order valence-corrected chi connectivity index (χ4v) is 2.21. The molecule has 1 atom stereocenters. The fourth-order valence-electron chi connectivity index (χ4n) is 2.21. The molecule has 17 heavy (non-hydrogen) atoms. The Hall–Kier alpha value is -2.11. The van der Waals surface area contributed by atoms with Crippen LogP contribution in [-0.2, 0) is 4.79 Å². The van der Waals surface area contributed by atoms with Gasteiger partial charge in [-0.05, 0) is 6.42 Å². The Morgan fingerprint density at radius 2 is 2.41 bits per heavy atom. The van der Waals surface area contributed by atoms with E-state index in [1.54, 1.807) is 23.6 Å². The lowest BCUT2D eigenvalue weighted by Crippen LogP contribution is -2.24. The molecular weight excluding hydrogens is 218 g/mol. The molecular formula is C11H13N5O. The average molecular weight is 231 g/mol. The number of aromatic nitrogens is 4. The largest absolute Gasteiger partial charge is 0.344 e. The molecule has 0 bridgehead atoms. The van der Waals surface area contributed by atoms with E-state index in [0.717, 1.165) is 24.5 Å². The van der Waals surface area contributed by atoms with E-state index < -0.39 is 0 Å². The lowest BCUT2D eigenvalue weighted by Gasteiger charge is -2.13. The van der Waals surface area contributed by atoms with Gasteiger partial charge < -0.3 is 14.5 Å². The second-order valence-electron chi connectivity index (χ2n) is 4.19. The number of aromatic amines is 1. The van der Waals surface area contributed by atoms with Gasteiger partial charge in [-0.2, -0.15) is 0 Å². The molecule has 3 rings (SSSR count). The van der Waals surface area contributed by atoms with Gasteiger partial charge in [0.15, 0.2) is 5.82 Å². The van der Waals surface area contributed by atoms with Crippen LogP contribution >= 0.6 is 0 Å². The summed E-state index contributed by atoms with van der Waals surface area (Å²) in [5.41, 5.74) is 0.831. The Morgan fingerprint density at radius 3 is 3.06 bits per heavy atom. The summed E-state index contributed by atoms with van der Waals surface area (Å²) in [4.78, 5) is 25.0. The Morgan fingerprint density at radius 1 is 1.53 bits per heavy atom. The highest BCUT2D eigenvalue weighted by molar-refractivity contribution is 5.82. The van der Waals surface area contributed by atoms with Crippen LogP contribution < -0.4 is 0 Å². The summed E-state index contributed by atoms with van der Waals surface area (Å²) in [6, 6.07) is -0.138. The summed E-state index contributed by atoms with van der Waals surface area (Å²) in [6.45, 7) is 0.796. The minimum absolute atomic E-state index is 0.138. The standard InChI is InChI=1S/C11H13N5O/c1-15-4-2-9(11(15)17)16-5-3-13-10(16)8-6-12-7-14-8/h3,5-7,9H,2,4H2,1H3,(H,12,14). The van der Waals surface area contributed by atoms with Gasteiger partial charge in [-0.1, -0.05) is 0 Å². The monoisotopic (exact) mass is 231 g/mol. The molecule has 1 aliphatic heterocycles. The Balaban J connectivity index is 2.00. The highest BCUT2D eigenvalue weighted by atomic mass is 16.2. The van der Waals surface area contributed by atoms with Gasteiger partial charge in [0.1, 0.15) is 11.7 Å². The topological polar surface area (TPSA) is 66.8 Å². The number of rotatable bonds is 2. The van der Waals surface area contributed by atoms with Crippen molar-refractivity contribution >= 4 is 5.91 Å². The molecule has 1 aliphatic rings. The number of carbonyl (C=O) groups excluding carboxylic acids is 1. The molecule has 6 nitrogen and oxygen atoms in total. The molecule has 2 aromatic heterocycles. The number of nitrogens with one attached hydrogen (secondary N) is 1. The van der Waals surface area contributed by atoms with Crippen molar-refractivity contribution in [1.82, 2.24) is 24.4 Å². The molecule has 2 aromatic rings. The first kappa shape index (κ1) is 10.1. The maximum atomic E-state index is 12.0. The summed E-state index contributed by atoms with van der Waals surface area (Å²) in [7, 11) is 1.83. The van der Waals surface area contributed by atoms with Crippen LogP contribution in [-0.4, -0.2) is 43.9 Å². The zero-order valence-electron chi connectivity index (χ0n) is 9.50. The molecule has 1 saturated heterocycles. The minimum atomic E-state index is -0.138. The maximum absolute atomic E-state index is 12.0. The van der Waals surface area contributed by atoms with Crippen molar-refractivity contribution in [3.8, 4) is 11.5 Å². The third-order valence-corrected chi connectivity index (χ3v) is 3.14. The summed E-state index contributed by atoms with van der Waals surface area (Å²) < 4.78 is 1.92. The predicted molar refractivity (Wildman–Crippen MR) is 61.1 cm³/mol. The number of carbonyl (C=O) groups is 1. The molecule has 0 radical (unpaired) electrons. The maximum Gasteiger partial charge on any atom is 0.245 e. The molecule has 3 heterocycles. The molecule has 1 amide bonds. The van der Waals surface area contributed by atoms with E-state index in [-0.39, 0.29) is 11.9 Å². The molecule has 0 saturated carbocycles. The smallest absolute Gasteiger partial charge is 0.245 e. The molecule has 0 spiro atoms. The summed E-state index contributed by atoms with van der Waals surface area (Å²) >= 11 is 0. The second-order valence-corrected chi connectivity index (χ2v) is 4.19. The number of imidazole rings is 2. The zero-order valence-corrected chi connectivity index (χ0v) is 9.50. The zero-order chi connectivity index (χ0) is 11.8. The first-order chi connectivity index (χ1) is 8.27. The van der Waals surface area contributed by atoms with Gasteiger partial charge in [0.25, 0.3) is 0 Å². The van der Waals surface area contributed by atoms with Gasteiger partial charge in [0, 0.05) is 26.0 Å². The highest BCUT2D eigenvalue weighted by Crippen LogP contribution is 2.26. The van der Waals surface area contributed by atoms with Gasteiger partial charge in [-0.15, -0.1) is 0 Å². The number of likely N-dealkylation sites (tertiary alicyclic amines) is 1. The normalized spacial score (nSPS) is 20.2. The van der Waals surface area contributed by atoms with Crippen molar-refractivity contribution in [2.45, 2.75) is 12.5 Å². The van der Waals surface area contributed by atoms with E-state index in [1.165, 1.54) is 0 Å². The fraction of sp³-hybridized carbons (Fsp3) is 0.364. The highest BCUT2D eigenvalue weighted by Gasteiger charge is 2.31. The van der Waals surface area contributed by atoms with Gasteiger partial charge in [-0.3, -0.25) is 4.79 Å². The van der Waals surface area contributed by atoms with Crippen LogP contribution in [0.1, 0.15) is 12.5 Å². The third kappa shape index (κ3) is 1.52. The summed E-state index contributed by atoms with van der Waals surface area (Å²) in [5, 5.41) is 0. The number of hydrogen-bond donors (Lipinski definition) is 1. The van der Waals surface area contributed by atoms with Crippen LogP contribution in [0.25, 0.3) is 11.5 Å². The number of nitrogens with zero attached hydrogens (tertiary/aromatic N) is 4. The lowest BCUT2D eigenvalue weighted by atomic mass is 10.2. The third-order valence-electron chi connectivity index (χ3n) is 3.14. The van der Waals surface area contributed by atoms with E-state index in [9.17, 15) is 4.79 Å². The average Bonchev–Trinajstić information content (AvgIpc) is 3.01. The van der Waals surface area contributed by atoms with Gasteiger partial charge in [0.2, 0.25) is 5.91 Å². The Kier molecular flexibility index (Phi) is 2.21. The van der Waals surface area contributed by atoms with Gasteiger partial charge in [-0.25, -0.2) is 9.97 Å². The van der Waals surface area contributed by atoms with Crippen LogP contribution in [0.5, 0.6) is 0 Å². The van der Waals surface area contributed by atoms with Crippen LogP contribution in [0.3, 0.4) is 0 Å². The van der Waals surface area contributed by atoms with Crippen LogP contribution in [0.4, 0.5) is 0 Å². The lowest BCUT2D eigenvalue weighted by molar-refractivity contribution is -0.129. The number of hydrogen-bond acceptors (Lipinski definition) is 3. The first-order valence-electron chi connectivity index (χ1n) is 5.54. The van der Waals surface area contributed by atoms with Crippen molar-refractivity contribution < 1.29 is 4.79 Å². The molecule has 88 valence electrons.